The van der Waals surface area contributed by atoms with E-state index in [-0.39, 0.29) is 17.7 Å². The van der Waals surface area contributed by atoms with Gasteiger partial charge in [-0.3, -0.25) is 13.7 Å². The van der Waals surface area contributed by atoms with Crippen LogP contribution in [0.15, 0.2) is 240 Å². The summed E-state index contributed by atoms with van der Waals surface area (Å²) < 4.78 is 24.7. The standard InChI is InChI=1S/C32H30N6O2S.C29H28BrN5O2.C27H22N6S.3C4H9.C3H2NS.Sn/c1-31(2,3)40-30(39)37-32(15-7-16-32)21-13-11-20(12-14-21)26-25(29-34-18-19-41-29)36-28-22-8-4-5-9-23(22)35-27-24(38(26)28)10-6-17-33-27;1-28(2,3)37-27(36)34-29(15-7-16-29)19-13-11-18(12-14-19)23-24(30)33-26-20-8-4-5-9-21(20)32-25-22(35(23)26)10-6-17-31-25;28-27(12-4-13-27)18-10-8-17(9-11-18)23-22(26-30-15-16-34-26)32-25-19-5-1-2-6-20(19)31-24-21(33(23)25)7-3-14-29-24;3*1-3-4-2;1-2-5-3-4-1;/h4-6,8-14,17-19H,7,15-16H2,1-3H3,(H,33,35)(H,37,39);4-6,8-14,17H,7,15-16H2,1-3H3,(H,31,32)(H,34,36);1-3,5-11,14-16H,4,12-13,28H2,(H,29,31);3*1,3-4H2,2H3;1-2H;. The number of para-hydroxylation sites is 3. The van der Waals surface area contributed by atoms with Crippen molar-refractivity contribution in [2.45, 2.75) is 200 Å². The Hall–Kier alpha value is -11.5. The van der Waals surface area contributed by atoms with E-state index in [1.807, 2.05) is 161 Å². The van der Waals surface area contributed by atoms with Crippen LogP contribution in [-0.4, -0.2) is 100 Å². The maximum Gasteiger partial charge on any atom is 0.154 e. The molecule has 664 valence electrons. The number of anilines is 6. The third kappa shape index (κ3) is 18.2. The molecule has 3 aliphatic heterocycles. The normalized spacial score (nSPS) is 14.7. The van der Waals surface area contributed by atoms with E-state index in [1.54, 1.807) is 51.4 Å². The van der Waals surface area contributed by atoms with E-state index in [9.17, 15) is 9.59 Å². The van der Waals surface area contributed by atoms with Crippen molar-refractivity contribution < 1.29 is 19.1 Å². The number of rotatable bonds is 20. The van der Waals surface area contributed by atoms with Gasteiger partial charge in [-0.25, -0.2) is 49.5 Å². The number of fused-ring (bicyclic) bond motifs is 15. The van der Waals surface area contributed by atoms with Crippen LogP contribution >= 0.6 is 49.9 Å². The second-order valence-corrected chi connectivity index (χ2v) is 53.9. The van der Waals surface area contributed by atoms with Crippen LogP contribution in [0.4, 0.5) is 44.1 Å². The Morgan fingerprint density at radius 2 is 0.785 bits per heavy atom. The molecule has 21 rings (SSSR count). The summed E-state index contributed by atoms with van der Waals surface area (Å²) >= 11 is 6.74. The van der Waals surface area contributed by atoms with Gasteiger partial charge in [-0.15, -0.1) is 22.7 Å². The Morgan fingerprint density at radius 1 is 0.431 bits per heavy atom. The summed E-state index contributed by atoms with van der Waals surface area (Å²) in [7, 11) is 0. The van der Waals surface area contributed by atoms with Crippen molar-refractivity contribution in [3.8, 4) is 106 Å². The fourth-order valence-corrected chi connectivity index (χ4v) is 39.5. The molecular formula is C103H109BrN18O4S3Sn. The fraction of sp³-hybridized carbons (Fsp3) is 0.311. The van der Waals surface area contributed by atoms with Crippen LogP contribution in [0.1, 0.15) is 175 Å². The van der Waals surface area contributed by atoms with E-state index in [1.165, 1.54) is 50.5 Å². The third-order valence-corrected chi connectivity index (χ3v) is 46.2. The molecule has 130 heavy (non-hydrogen) atoms. The first-order valence-electron chi connectivity index (χ1n) is 45.4. The van der Waals surface area contributed by atoms with E-state index < -0.39 is 40.7 Å². The number of nitrogens with zero attached hydrogens (tertiary/aromatic N) is 12. The zero-order chi connectivity index (χ0) is 89.9. The second kappa shape index (κ2) is 37.7. The SMILES string of the molecule is CC(C)(C)OC(=O)NC1(c2ccc(-c3c(-c4nccs4)nc4n3-c3cccnc3Nc3ccccc3-4)cc2)CCC1.CC(C)(C)OC(=O)NC1(c2ccc(-c3c(Br)nc4n3-c3cccnc3Nc3ccccc3-4)cc2)CCC1.CCC[CH2][Sn]([CH2]CCC)([CH2]CCC)[c]1nccs1.NC1(c2ccc(-c3c(-c4nccs4)nc4n3-c3cccnc3Nc3ccccc3-4)cc2)CCC1. The Kier molecular flexibility index (Phi) is 25.9. The third-order valence-electron chi connectivity index (χ3n) is 25.4. The number of carbonyl (C=O) groups is 2. The Morgan fingerprint density at radius 3 is 1.12 bits per heavy atom. The van der Waals surface area contributed by atoms with E-state index in [4.69, 9.17) is 35.1 Å². The van der Waals surface area contributed by atoms with Gasteiger partial charge in [0.25, 0.3) is 0 Å². The van der Waals surface area contributed by atoms with Crippen molar-refractivity contribution in [2.75, 3.05) is 16.0 Å². The molecule has 12 heterocycles. The van der Waals surface area contributed by atoms with Crippen molar-refractivity contribution in [1.29, 1.82) is 0 Å². The van der Waals surface area contributed by atoms with Gasteiger partial charge in [0.15, 0.2) is 17.5 Å². The summed E-state index contributed by atoms with van der Waals surface area (Å²) in [5, 5.41) is 24.7. The number of hydrogen-bond donors (Lipinski definition) is 6. The number of hydrogen-bond acceptors (Lipinski definition) is 20. The number of nitrogens with two attached hydrogens (primary N) is 1. The van der Waals surface area contributed by atoms with Crippen molar-refractivity contribution in [3.63, 3.8) is 0 Å². The van der Waals surface area contributed by atoms with Crippen LogP contribution in [0, 0.1) is 0 Å². The van der Waals surface area contributed by atoms with Crippen LogP contribution in [-0.2, 0) is 26.1 Å². The van der Waals surface area contributed by atoms with Crippen LogP contribution in [0.3, 0.4) is 0 Å². The molecular weight excluding hydrogens is 1850 g/mol. The Balaban J connectivity index is 0.000000120. The van der Waals surface area contributed by atoms with Crippen LogP contribution in [0.25, 0.3) is 106 Å². The van der Waals surface area contributed by atoms with Gasteiger partial charge < -0.3 is 41.8 Å². The molecule has 3 saturated carbocycles. The zero-order valence-corrected chi connectivity index (χ0v) is 81.8. The van der Waals surface area contributed by atoms with Gasteiger partial charge in [0, 0.05) is 80.7 Å². The maximum absolute atomic E-state index is 12.7. The van der Waals surface area contributed by atoms with Gasteiger partial charge in [0.1, 0.15) is 54.7 Å². The number of pyridine rings is 3. The van der Waals surface area contributed by atoms with Crippen molar-refractivity contribution in [1.82, 2.24) is 69.2 Å². The number of carbonyl (C=O) groups excluding carboxylic acids is 2. The monoisotopic (exact) mass is 1960 g/mol. The first-order valence-corrected chi connectivity index (χ1v) is 56.3. The summed E-state index contributed by atoms with van der Waals surface area (Å²) in [4.78, 5) is 68.6. The largest absolute Gasteiger partial charge is 0.338 e. The smallest absolute Gasteiger partial charge is 0.154 e. The first-order chi connectivity index (χ1) is 63.1. The predicted molar refractivity (Wildman–Crippen MR) is 533 cm³/mol. The van der Waals surface area contributed by atoms with E-state index in [2.05, 4.69) is 216 Å². The van der Waals surface area contributed by atoms with E-state index in [0.717, 1.165) is 208 Å². The molecule has 0 saturated heterocycles. The molecule has 3 fully saturated rings. The zero-order valence-electron chi connectivity index (χ0n) is 74.9. The Labute approximate surface area is 784 Å². The van der Waals surface area contributed by atoms with E-state index >= 15 is 0 Å². The number of unbranched alkanes of at least 4 members (excludes halogenated alkanes) is 3. The minimum Gasteiger partial charge on any atom is -0.338 e. The number of ether oxygens (including phenoxy) is 2. The number of nitrogens with one attached hydrogen (secondary N) is 5. The molecule has 7 N–H and O–H groups in total. The average Bonchev–Trinajstić information content (AvgIpc) is 1.58. The van der Waals surface area contributed by atoms with Crippen LogP contribution in [0.5, 0.6) is 0 Å². The summed E-state index contributed by atoms with van der Waals surface area (Å²) in [6.45, 7) is 18.3. The number of benzene rings is 6. The molecule has 27 heteroatoms. The molecule has 22 nitrogen and oxygen atoms in total. The number of imidazole rings is 3. The van der Waals surface area contributed by atoms with Crippen molar-refractivity contribution >= 4 is 118 Å². The molecule has 6 aliphatic rings. The summed E-state index contributed by atoms with van der Waals surface area (Å²) in [5.74, 6) is 4.86. The quantitative estimate of drug-likeness (QED) is 0.0387. The number of thiazole rings is 3. The van der Waals surface area contributed by atoms with Gasteiger partial charge in [-0.05, 0) is 205 Å². The molecule has 6 aromatic carbocycles. The van der Waals surface area contributed by atoms with Gasteiger partial charge in [-0.2, -0.15) is 0 Å². The van der Waals surface area contributed by atoms with Gasteiger partial charge in [0.2, 0.25) is 0 Å². The van der Waals surface area contributed by atoms with Gasteiger partial charge >= 0.3 is 134 Å². The minimum absolute atomic E-state index is 0.190. The van der Waals surface area contributed by atoms with Gasteiger partial charge in [0.05, 0.1) is 62.3 Å². The maximum atomic E-state index is 12.7. The second-order valence-electron chi connectivity index (χ2n) is 36.4. The topological polar surface area (TPSA) is 270 Å². The van der Waals surface area contributed by atoms with Crippen LogP contribution < -0.4 is 35.3 Å². The van der Waals surface area contributed by atoms with Gasteiger partial charge in [-0.1, -0.05) is 109 Å². The first kappa shape index (κ1) is 89.1. The molecule has 9 aromatic heterocycles. The number of amides is 2. The summed E-state index contributed by atoms with van der Waals surface area (Å²) in [5.41, 5.74) is 24.2. The van der Waals surface area contributed by atoms with Crippen LogP contribution in [0.2, 0.25) is 13.3 Å². The summed E-state index contributed by atoms with van der Waals surface area (Å²) in [6.07, 6.45) is 27.6. The molecule has 0 spiro atoms. The Bertz CT molecular complexity index is 6500. The molecule has 0 radical (unpaired) electrons. The number of aromatic nitrogens is 12. The molecule has 0 unspecified atom stereocenters. The van der Waals surface area contributed by atoms with Crippen molar-refractivity contribution in [3.05, 3.63) is 257 Å². The summed E-state index contributed by atoms with van der Waals surface area (Å²) in [6, 6.07) is 62.1. The molecule has 0 atom stereocenters. The number of halogens is 1. The molecule has 0 bridgehead atoms. The predicted octanol–water partition coefficient (Wildman–Crippen LogP) is 26.3. The molecule has 3 aliphatic carbocycles. The molecule has 2 amide bonds. The molecule has 15 aromatic rings. The number of alkyl carbamates (subject to hydrolysis) is 2. The van der Waals surface area contributed by atoms with E-state index in [0.29, 0.717) is 0 Å². The van der Waals surface area contributed by atoms with Crippen molar-refractivity contribution in [2.24, 2.45) is 5.73 Å². The minimum atomic E-state index is -2.12. The fourth-order valence-electron chi connectivity index (χ4n) is 18.5. The average molecular weight is 1960 g/mol.